The van der Waals surface area contributed by atoms with Gasteiger partial charge >= 0.3 is 0 Å². The molecule has 18 heavy (non-hydrogen) atoms. The zero-order valence-corrected chi connectivity index (χ0v) is 11.3. The van der Waals surface area contributed by atoms with Gasteiger partial charge in [0, 0.05) is 30.9 Å². The number of rotatable bonds is 4. The molecular weight excluding hydrogens is 224 g/mol. The van der Waals surface area contributed by atoms with Crippen LogP contribution in [0.5, 0.6) is 0 Å². The molecule has 1 aliphatic rings. The van der Waals surface area contributed by atoms with E-state index in [2.05, 4.69) is 36.2 Å². The van der Waals surface area contributed by atoms with Gasteiger partial charge in [-0.2, -0.15) is 0 Å². The molecule has 0 radical (unpaired) electrons. The van der Waals surface area contributed by atoms with Crippen LogP contribution in [0.4, 0.5) is 11.4 Å². The molecule has 3 heteroatoms. The van der Waals surface area contributed by atoms with E-state index in [9.17, 15) is 4.79 Å². The lowest BCUT2D eigenvalue weighted by Gasteiger charge is -2.18. The molecule has 0 aliphatic carbocycles. The van der Waals surface area contributed by atoms with E-state index in [1.165, 1.54) is 18.5 Å². The first-order chi connectivity index (χ1) is 8.65. The molecule has 0 unspecified atom stereocenters. The molecule has 0 spiro atoms. The van der Waals surface area contributed by atoms with Crippen LogP contribution in [0, 0.1) is 5.92 Å². The fraction of sp³-hybridized carbons (Fsp3) is 0.533. The summed E-state index contributed by atoms with van der Waals surface area (Å²) in [7, 11) is 0. The van der Waals surface area contributed by atoms with Crippen molar-refractivity contribution in [2.45, 2.75) is 33.1 Å². The highest BCUT2D eigenvalue weighted by atomic mass is 16.1. The molecule has 2 rings (SSSR count). The van der Waals surface area contributed by atoms with Gasteiger partial charge in [-0.3, -0.25) is 4.79 Å². The molecule has 1 fully saturated rings. The quantitative estimate of drug-likeness (QED) is 0.884. The van der Waals surface area contributed by atoms with Gasteiger partial charge in [-0.15, -0.1) is 0 Å². The van der Waals surface area contributed by atoms with Gasteiger partial charge < -0.3 is 10.2 Å². The van der Waals surface area contributed by atoms with Crippen LogP contribution in [0.2, 0.25) is 0 Å². The molecule has 3 nitrogen and oxygen atoms in total. The van der Waals surface area contributed by atoms with Gasteiger partial charge in [-0.1, -0.05) is 19.9 Å². The van der Waals surface area contributed by atoms with Crippen molar-refractivity contribution in [2.24, 2.45) is 5.92 Å². The number of anilines is 2. The van der Waals surface area contributed by atoms with Crippen molar-refractivity contribution >= 4 is 17.3 Å². The second-order valence-corrected chi connectivity index (χ2v) is 5.39. The lowest BCUT2D eigenvalue weighted by atomic mass is 10.1. The maximum absolute atomic E-state index is 11.7. The number of benzene rings is 1. The van der Waals surface area contributed by atoms with Crippen molar-refractivity contribution in [1.82, 2.24) is 0 Å². The van der Waals surface area contributed by atoms with Gasteiger partial charge in [0.2, 0.25) is 5.91 Å². The molecule has 98 valence electrons. The van der Waals surface area contributed by atoms with E-state index in [0.29, 0.717) is 12.3 Å². The first kappa shape index (κ1) is 12.9. The number of amides is 1. The van der Waals surface area contributed by atoms with Gasteiger partial charge in [0.1, 0.15) is 0 Å². The first-order valence-corrected chi connectivity index (χ1v) is 6.80. The van der Waals surface area contributed by atoms with E-state index in [-0.39, 0.29) is 5.91 Å². The maximum atomic E-state index is 11.7. The average molecular weight is 246 g/mol. The summed E-state index contributed by atoms with van der Waals surface area (Å²) in [6, 6.07) is 8.16. The second-order valence-electron chi connectivity index (χ2n) is 5.39. The Labute approximate surface area is 109 Å². The molecule has 0 saturated carbocycles. The normalized spacial score (nSPS) is 15.2. The van der Waals surface area contributed by atoms with Crippen molar-refractivity contribution in [3.05, 3.63) is 24.3 Å². The Morgan fingerprint density at radius 1 is 1.33 bits per heavy atom. The third kappa shape index (κ3) is 3.49. The summed E-state index contributed by atoms with van der Waals surface area (Å²) in [5.41, 5.74) is 2.12. The van der Waals surface area contributed by atoms with Crippen LogP contribution in [0.3, 0.4) is 0 Å². The Hall–Kier alpha value is -1.51. The number of carbonyl (C=O) groups excluding carboxylic acids is 1. The maximum Gasteiger partial charge on any atom is 0.224 e. The van der Waals surface area contributed by atoms with Gasteiger partial charge in [0.05, 0.1) is 0 Å². The van der Waals surface area contributed by atoms with Crippen molar-refractivity contribution in [1.29, 1.82) is 0 Å². The Kier molecular flexibility index (Phi) is 4.24. The highest BCUT2D eigenvalue weighted by Crippen LogP contribution is 2.23. The molecule has 1 aliphatic heterocycles. The minimum Gasteiger partial charge on any atom is -0.371 e. The molecule has 0 bridgehead atoms. The lowest BCUT2D eigenvalue weighted by Crippen LogP contribution is -2.18. The Bertz CT molecular complexity index is 409. The molecule has 1 N–H and O–H groups in total. The Balaban J connectivity index is 2.00. The predicted octanol–water partition coefficient (Wildman–Crippen LogP) is 3.27. The van der Waals surface area contributed by atoms with Crippen molar-refractivity contribution in [2.75, 3.05) is 23.3 Å². The lowest BCUT2D eigenvalue weighted by molar-refractivity contribution is -0.116. The molecule has 0 aromatic heterocycles. The van der Waals surface area contributed by atoms with Crippen LogP contribution in [0.1, 0.15) is 33.1 Å². The van der Waals surface area contributed by atoms with E-state index in [1.807, 2.05) is 12.1 Å². The molecule has 1 aromatic rings. The van der Waals surface area contributed by atoms with Crippen molar-refractivity contribution in [3.8, 4) is 0 Å². The standard InChI is InChI=1S/C15H22N2O/c1-12(2)10-15(18)16-13-6-5-7-14(11-13)17-8-3-4-9-17/h5-7,11-12H,3-4,8-10H2,1-2H3,(H,16,18). The molecule has 1 amide bonds. The monoisotopic (exact) mass is 246 g/mol. The summed E-state index contributed by atoms with van der Waals surface area (Å²) < 4.78 is 0. The average Bonchev–Trinajstić information content (AvgIpc) is 2.81. The molecule has 1 saturated heterocycles. The van der Waals surface area contributed by atoms with E-state index >= 15 is 0 Å². The van der Waals surface area contributed by atoms with Crippen LogP contribution in [0.15, 0.2) is 24.3 Å². The van der Waals surface area contributed by atoms with Crippen molar-refractivity contribution in [3.63, 3.8) is 0 Å². The highest BCUT2D eigenvalue weighted by Gasteiger charge is 2.13. The fourth-order valence-electron chi connectivity index (χ4n) is 2.34. The third-order valence-electron chi connectivity index (χ3n) is 3.19. The number of nitrogens with zero attached hydrogens (tertiary/aromatic N) is 1. The van der Waals surface area contributed by atoms with E-state index in [0.717, 1.165) is 18.8 Å². The second kappa shape index (κ2) is 5.89. The summed E-state index contributed by atoms with van der Waals surface area (Å²) in [5, 5.41) is 2.97. The van der Waals surface area contributed by atoms with Gasteiger partial charge in [0.25, 0.3) is 0 Å². The fourth-order valence-corrected chi connectivity index (χ4v) is 2.34. The first-order valence-electron chi connectivity index (χ1n) is 6.80. The predicted molar refractivity (Wildman–Crippen MR) is 76.0 cm³/mol. The van der Waals surface area contributed by atoms with Gasteiger partial charge in [-0.05, 0) is 37.0 Å². The van der Waals surface area contributed by atoms with Gasteiger partial charge in [0.15, 0.2) is 0 Å². The smallest absolute Gasteiger partial charge is 0.224 e. The van der Waals surface area contributed by atoms with Crippen LogP contribution < -0.4 is 10.2 Å². The number of hydrogen-bond acceptors (Lipinski definition) is 2. The Morgan fingerprint density at radius 2 is 2.06 bits per heavy atom. The summed E-state index contributed by atoms with van der Waals surface area (Å²) in [4.78, 5) is 14.1. The van der Waals surface area contributed by atoms with Crippen molar-refractivity contribution < 1.29 is 4.79 Å². The zero-order chi connectivity index (χ0) is 13.0. The summed E-state index contributed by atoms with van der Waals surface area (Å²) in [5.74, 6) is 0.496. The number of nitrogens with one attached hydrogen (secondary N) is 1. The van der Waals surface area contributed by atoms with Gasteiger partial charge in [-0.25, -0.2) is 0 Å². The molecule has 1 aromatic carbocycles. The van der Waals surface area contributed by atoms with E-state index in [4.69, 9.17) is 0 Å². The zero-order valence-electron chi connectivity index (χ0n) is 11.3. The SMILES string of the molecule is CC(C)CC(=O)Nc1cccc(N2CCCC2)c1. The largest absolute Gasteiger partial charge is 0.371 e. The van der Waals surface area contributed by atoms with Crippen LogP contribution in [0.25, 0.3) is 0 Å². The van der Waals surface area contributed by atoms with Crippen LogP contribution >= 0.6 is 0 Å². The minimum atomic E-state index is 0.101. The molecular formula is C15H22N2O. The number of hydrogen-bond donors (Lipinski definition) is 1. The topological polar surface area (TPSA) is 32.3 Å². The van der Waals surface area contributed by atoms with E-state index in [1.54, 1.807) is 0 Å². The summed E-state index contributed by atoms with van der Waals surface area (Å²) in [6.45, 7) is 6.37. The minimum absolute atomic E-state index is 0.101. The van der Waals surface area contributed by atoms with Crippen LogP contribution in [-0.2, 0) is 4.79 Å². The Morgan fingerprint density at radius 3 is 2.72 bits per heavy atom. The molecule has 1 heterocycles. The third-order valence-corrected chi connectivity index (χ3v) is 3.19. The number of carbonyl (C=O) groups is 1. The highest BCUT2D eigenvalue weighted by molar-refractivity contribution is 5.91. The van der Waals surface area contributed by atoms with E-state index < -0.39 is 0 Å². The summed E-state index contributed by atoms with van der Waals surface area (Å²) in [6.07, 6.45) is 3.11. The molecule has 0 atom stereocenters. The van der Waals surface area contributed by atoms with Crippen LogP contribution in [-0.4, -0.2) is 19.0 Å². The summed E-state index contributed by atoms with van der Waals surface area (Å²) >= 11 is 0.